The molecule has 0 spiro atoms. The molecule has 3 heteroatoms. The van der Waals surface area contributed by atoms with Crippen molar-refractivity contribution in [2.24, 2.45) is 5.73 Å². The fourth-order valence-corrected chi connectivity index (χ4v) is 3.01. The predicted molar refractivity (Wildman–Crippen MR) is 70.6 cm³/mol. The molecule has 1 aliphatic carbocycles. The number of rotatable bonds is 5. The lowest BCUT2D eigenvalue weighted by Crippen LogP contribution is -2.51. The molecule has 0 unspecified atom stereocenters. The first-order valence-electron chi connectivity index (χ1n) is 6.65. The maximum absolute atomic E-state index is 6.04. The van der Waals surface area contributed by atoms with E-state index in [9.17, 15) is 0 Å². The number of hydrogen-bond acceptors (Lipinski definition) is 3. The van der Waals surface area contributed by atoms with Gasteiger partial charge >= 0.3 is 0 Å². The Morgan fingerprint density at radius 3 is 2.47 bits per heavy atom. The topological polar surface area (TPSA) is 42.2 Å². The summed E-state index contributed by atoms with van der Waals surface area (Å²) < 4.78 is 0. The molecule has 1 aromatic rings. The molecular formula is C14H23N3. The van der Waals surface area contributed by atoms with Gasteiger partial charge in [0.25, 0.3) is 0 Å². The quantitative estimate of drug-likeness (QED) is 0.847. The second-order valence-electron chi connectivity index (χ2n) is 5.01. The third-order valence-electron chi connectivity index (χ3n) is 4.09. The number of nitrogens with two attached hydrogens (primary N) is 1. The van der Waals surface area contributed by atoms with Gasteiger partial charge in [0, 0.05) is 31.0 Å². The Labute approximate surface area is 104 Å². The van der Waals surface area contributed by atoms with Gasteiger partial charge in [0.05, 0.1) is 0 Å². The summed E-state index contributed by atoms with van der Waals surface area (Å²) in [7, 11) is 0. The van der Waals surface area contributed by atoms with E-state index >= 15 is 0 Å². The fraction of sp³-hybridized carbons (Fsp3) is 0.643. The normalized spacial score (nSPS) is 18.8. The standard InChI is InChI=1S/C14H23N3/c1-2-17(11-13-5-9-16-10-6-13)14(12-15)7-3-4-8-14/h5-6,9-10H,2-4,7-8,11-12,15H2,1H3. The first kappa shape index (κ1) is 12.5. The van der Waals surface area contributed by atoms with Crippen LogP contribution in [-0.2, 0) is 6.54 Å². The van der Waals surface area contributed by atoms with Gasteiger partial charge in [0.2, 0.25) is 0 Å². The van der Waals surface area contributed by atoms with Gasteiger partial charge in [-0.25, -0.2) is 0 Å². The Kier molecular flexibility index (Phi) is 4.13. The van der Waals surface area contributed by atoms with Crippen LogP contribution in [0, 0.1) is 0 Å². The van der Waals surface area contributed by atoms with Crippen molar-refractivity contribution in [1.29, 1.82) is 0 Å². The Morgan fingerprint density at radius 2 is 1.94 bits per heavy atom. The van der Waals surface area contributed by atoms with E-state index in [1.165, 1.54) is 31.2 Å². The minimum absolute atomic E-state index is 0.248. The predicted octanol–water partition coefficient (Wildman–Crippen LogP) is 2.17. The SMILES string of the molecule is CCN(Cc1ccncc1)C1(CN)CCCC1. The minimum Gasteiger partial charge on any atom is -0.329 e. The van der Waals surface area contributed by atoms with Crippen LogP contribution in [0.3, 0.4) is 0 Å². The summed E-state index contributed by atoms with van der Waals surface area (Å²) >= 11 is 0. The number of hydrogen-bond donors (Lipinski definition) is 1. The minimum atomic E-state index is 0.248. The van der Waals surface area contributed by atoms with E-state index < -0.39 is 0 Å². The fourth-order valence-electron chi connectivity index (χ4n) is 3.01. The van der Waals surface area contributed by atoms with Crippen LogP contribution >= 0.6 is 0 Å². The van der Waals surface area contributed by atoms with E-state index in [-0.39, 0.29) is 5.54 Å². The summed E-state index contributed by atoms with van der Waals surface area (Å²) in [5, 5.41) is 0. The van der Waals surface area contributed by atoms with Gasteiger partial charge in [-0.05, 0) is 37.1 Å². The van der Waals surface area contributed by atoms with E-state index in [4.69, 9.17) is 5.73 Å². The van der Waals surface area contributed by atoms with Crippen LogP contribution in [0.4, 0.5) is 0 Å². The van der Waals surface area contributed by atoms with Gasteiger partial charge in [0.15, 0.2) is 0 Å². The summed E-state index contributed by atoms with van der Waals surface area (Å²) in [4.78, 5) is 6.62. The molecule has 94 valence electrons. The van der Waals surface area contributed by atoms with E-state index in [1.54, 1.807) is 0 Å². The van der Waals surface area contributed by atoms with Crippen LogP contribution < -0.4 is 5.73 Å². The lowest BCUT2D eigenvalue weighted by Gasteiger charge is -2.40. The van der Waals surface area contributed by atoms with E-state index in [0.717, 1.165) is 19.6 Å². The first-order chi connectivity index (χ1) is 8.30. The number of likely N-dealkylation sites (N-methyl/N-ethyl adjacent to an activating group) is 1. The molecule has 3 nitrogen and oxygen atoms in total. The van der Waals surface area contributed by atoms with Crippen LogP contribution in [-0.4, -0.2) is 28.5 Å². The highest BCUT2D eigenvalue weighted by molar-refractivity contribution is 5.11. The van der Waals surface area contributed by atoms with Crippen molar-refractivity contribution in [3.05, 3.63) is 30.1 Å². The van der Waals surface area contributed by atoms with E-state index in [2.05, 4.69) is 28.9 Å². The molecule has 2 N–H and O–H groups in total. The summed E-state index contributed by atoms with van der Waals surface area (Å²) in [6.07, 6.45) is 8.89. The molecule has 0 bridgehead atoms. The number of pyridine rings is 1. The van der Waals surface area contributed by atoms with Crippen LogP contribution in [0.5, 0.6) is 0 Å². The highest BCUT2D eigenvalue weighted by Crippen LogP contribution is 2.35. The molecule has 17 heavy (non-hydrogen) atoms. The van der Waals surface area contributed by atoms with Crippen LogP contribution in [0.15, 0.2) is 24.5 Å². The highest BCUT2D eigenvalue weighted by atomic mass is 15.2. The lowest BCUT2D eigenvalue weighted by atomic mass is 9.94. The van der Waals surface area contributed by atoms with Crippen LogP contribution in [0.25, 0.3) is 0 Å². The van der Waals surface area contributed by atoms with Gasteiger partial charge < -0.3 is 5.73 Å². The van der Waals surface area contributed by atoms with Gasteiger partial charge in [0.1, 0.15) is 0 Å². The molecule has 0 aromatic carbocycles. The first-order valence-corrected chi connectivity index (χ1v) is 6.65. The molecule has 1 heterocycles. The zero-order valence-corrected chi connectivity index (χ0v) is 10.7. The lowest BCUT2D eigenvalue weighted by molar-refractivity contribution is 0.0970. The molecule has 0 radical (unpaired) electrons. The molecule has 1 saturated carbocycles. The monoisotopic (exact) mass is 233 g/mol. The van der Waals surface area contributed by atoms with E-state index in [0.29, 0.717) is 0 Å². The van der Waals surface area contributed by atoms with Gasteiger partial charge in [-0.2, -0.15) is 0 Å². The Balaban J connectivity index is 2.10. The van der Waals surface area contributed by atoms with Crippen LogP contribution in [0.2, 0.25) is 0 Å². The molecule has 0 saturated heterocycles. The smallest absolute Gasteiger partial charge is 0.0335 e. The summed E-state index contributed by atoms with van der Waals surface area (Å²) in [6, 6.07) is 4.20. The molecule has 0 aliphatic heterocycles. The molecule has 1 aliphatic rings. The van der Waals surface area contributed by atoms with Crippen molar-refractivity contribution in [1.82, 2.24) is 9.88 Å². The zero-order valence-electron chi connectivity index (χ0n) is 10.7. The van der Waals surface area contributed by atoms with Gasteiger partial charge in [-0.3, -0.25) is 9.88 Å². The zero-order chi connectivity index (χ0) is 12.1. The molecular weight excluding hydrogens is 210 g/mol. The summed E-state index contributed by atoms with van der Waals surface area (Å²) in [5.41, 5.74) is 7.63. The van der Waals surface area contributed by atoms with Gasteiger partial charge in [-0.15, -0.1) is 0 Å². The second-order valence-corrected chi connectivity index (χ2v) is 5.01. The third-order valence-corrected chi connectivity index (χ3v) is 4.09. The van der Waals surface area contributed by atoms with Crippen molar-refractivity contribution < 1.29 is 0 Å². The maximum Gasteiger partial charge on any atom is 0.0335 e. The third kappa shape index (κ3) is 2.67. The molecule has 2 rings (SSSR count). The van der Waals surface area contributed by atoms with Crippen molar-refractivity contribution in [2.75, 3.05) is 13.1 Å². The van der Waals surface area contributed by atoms with Crippen molar-refractivity contribution >= 4 is 0 Å². The van der Waals surface area contributed by atoms with Crippen molar-refractivity contribution in [3.8, 4) is 0 Å². The average molecular weight is 233 g/mol. The Bertz CT molecular complexity index is 331. The largest absolute Gasteiger partial charge is 0.329 e. The van der Waals surface area contributed by atoms with Crippen LogP contribution in [0.1, 0.15) is 38.2 Å². The highest BCUT2D eigenvalue weighted by Gasteiger charge is 2.37. The van der Waals surface area contributed by atoms with Crippen molar-refractivity contribution in [2.45, 2.75) is 44.7 Å². The molecule has 1 fully saturated rings. The summed E-state index contributed by atoms with van der Waals surface area (Å²) in [5.74, 6) is 0. The maximum atomic E-state index is 6.04. The molecule has 0 atom stereocenters. The Hall–Kier alpha value is -0.930. The average Bonchev–Trinajstić information content (AvgIpc) is 2.87. The number of nitrogens with zero attached hydrogens (tertiary/aromatic N) is 2. The Morgan fingerprint density at radius 1 is 1.29 bits per heavy atom. The van der Waals surface area contributed by atoms with Crippen molar-refractivity contribution in [3.63, 3.8) is 0 Å². The second kappa shape index (κ2) is 5.61. The van der Waals surface area contributed by atoms with E-state index in [1.807, 2.05) is 12.4 Å². The van der Waals surface area contributed by atoms with Gasteiger partial charge in [-0.1, -0.05) is 19.8 Å². The number of aromatic nitrogens is 1. The molecule has 0 amide bonds. The summed E-state index contributed by atoms with van der Waals surface area (Å²) in [6.45, 7) is 5.08. The molecule has 1 aromatic heterocycles.